The highest BCUT2D eigenvalue weighted by Crippen LogP contribution is 2.48. The van der Waals surface area contributed by atoms with Crippen LogP contribution in [-0.2, 0) is 6.42 Å². The minimum Gasteiger partial charge on any atom is -0.507 e. The molecule has 2 aromatic rings. The molecule has 2 rings (SSSR count). The van der Waals surface area contributed by atoms with Crippen LogP contribution in [0.1, 0.15) is 18.1 Å². The Kier molecular flexibility index (Phi) is 3.93. The first-order valence-electron chi connectivity index (χ1n) is 6.53. The van der Waals surface area contributed by atoms with E-state index in [1.54, 1.807) is 21.3 Å². The van der Waals surface area contributed by atoms with Crippen molar-refractivity contribution in [3.05, 3.63) is 23.3 Å². The highest BCUT2D eigenvalue weighted by Gasteiger charge is 2.22. The van der Waals surface area contributed by atoms with Crippen LogP contribution in [0.4, 0.5) is 0 Å². The molecular formula is C16H20O4. The monoisotopic (exact) mass is 276 g/mol. The molecule has 2 aromatic carbocycles. The third-order valence-corrected chi connectivity index (χ3v) is 3.61. The van der Waals surface area contributed by atoms with Crippen LogP contribution in [0.25, 0.3) is 10.8 Å². The number of aromatic hydroxyl groups is 1. The summed E-state index contributed by atoms with van der Waals surface area (Å²) in [5.74, 6) is 2.09. The maximum atomic E-state index is 10.5. The Balaban J connectivity index is 3.01. The SMILES string of the molecule is CCc1ccc2c(OC)c(OC)c(C)c(OC)c2c1O. The van der Waals surface area contributed by atoms with E-state index in [-0.39, 0.29) is 5.75 Å². The number of phenols is 1. The first kappa shape index (κ1) is 14.3. The molecule has 0 saturated heterocycles. The van der Waals surface area contributed by atoms with Crippen LogP contribution in [-0.4, -0.2) is 26.4 Å². The van der Waals surface area contributed by atoms with E-state index in [1.165, 1.54) is 0 Å². The highest BCUT2D eigenvalue weighted by atomic mass is 16.5. The lowest BCUT2D eigenvalue weighted by Crippen LogP contribution is -1.99. The molecule has 0 atom stereocenters. The summed E-state index contributed by atoms with van der Waals surface area (Å²) >= 11 is 0. The second-order valence-corrected chi connectivity index (χ2v) is 4.57. The summed E-state index contributed by atoms with van der Waals surface area (Å²) in [5, 5.41) is 11.9. The third-order valence-electron chi connectivity index (χ3n) is 3.61. The summed E-state index contributed by atoms with van der Waals surface area (Å²) in [7, 11) is 4.77. The summed E-state index contributed by atoms with van der Waals surface area (Å²) in [6, 6.07) is 3.82. The molecule has 0 saturated carbocycles. The van der Waals surface area contributed by atoms with Crippen molar-refractivity contribution in [3.63, 3.8) is 0 Å². The number of fused-ring (bicyclic) bond motifs is 1. The summed E-state index contributed by atoms with van der Waals surface area (Å²) < 4.78 is 16.4. The fraction of sp³-hybridized carbons (Fsp3) is 0.375. The van der Waals surface area contributed by atoms with E-state index in [0.717, 1.165) is 22.9 Å². The average Bonchev–Trinajstić information content (AvgIpc) is 2.46. The van der Waals surface area contributed by atoms with Gasteiger partial charge in [0.1, 0.15) is 11.5 Å². The lowest BCUT2D eigenvalue weighted by molar-refractivity contribution is 0.350. The van der Waals surface area contributed by atoms with Gasteiger partial charge in [-0.3, -0.25) is 0 Å². The summed E-state index contributed by atoms with van der Waals surface area (Å²) in [4.78, 5) is 0. The van der Waals surface area contributed by atoms with E-state index in [9.17, 15) is 5.11 Å². The number of hydrogen-bond acceptors (Lipinski definition) is 4. The minimum atomic E-state index is 0.242. The number of phenolic OH excluding ortho intramolecular Hbond substituents is 1. The lowest BCUT2D eigenvalue weighted by Gasteiger charge is -2.19. The smallest absolute Gasteiger partial charge is 0.169 e. The Morgan fingerprint density at radius 2 is 1.55 bits per heavy atom. The Morgan fingerprint density at radius 1 is 0.950 bits per heavy atom. The van der Waals surface area contributed by atoms with E-state index in [2.05, 4.69) is 0 Å². The molecule has 0 aliphatic heterocycles. The third kappa shape index (κ3) is 1.92. The molecule has 0 bridgehead atoms. The average molecular weight is 276 g/mol. The van der Waals surface area contributed by atoms with E-state index in [4.69, 9.17) is 14.2 Å². The fourth-order valence-corrected chi connectivity index (χ4v) is 2.63. The number of hydrogen-bond donors (Lipinski definition) is 1. The maximum Gasteiger partial charge on any atom is 0.169 e. The van der Waals surface area contributed by atoms with Crippen molar-refractivity contribution >= 4 is 10.8 Å². The topological polar surface area (TPSA) is 47.9 Å². The molecule has 0 heterocycles. The van der Waals surface area contributed by atoms with Crippen molar-refractivity contribution in [2.45, 2.75) is 20.3 Å². The standard InChI is InChI=1S/C16H20O4/c1-6-10-7-8-11-12(13(10)17)14(18-3)9(2)15(19-4)16(11)20-5/h7-8,17H,6H2,1-5H3. The van der Waals surface area contributed by atoms with E-state index < -0.39 is 0 Å². The molecule has 108 valence electrons. The van der Waals surface area contributed by atoms with Gasteiger partial charge < -0.3 is 19.3 Å². The van der Waals surface area contributed by atoms with Crippen LogP contribution in [0.5, 0.6) is 23.0 Å². The van der Waals surface area contributed by atoms with Crippen molar-refractivity contribution in [2.75, 3.05) is 21.3 Å². The van der Waals surface area contributed by atoms with Gasteiger partial charge in [0, 0.05) is 10.9 Å². The van der Waals surface area contributed by atoms with E-state index >= 15 is 0 Å². The molecule has 0 radical (unpaired) electrons. The zero-order valence-corrected chi connectivity index (χ0v) is 12.5. The molecule has 0 amide bonds. The Bertz CT molecular complexity index is 647. The van der Waals surface area contributed by atoms with Crippen LogP contribution in [0, 0.1) is 6.92 Å². The lowest BCUT2D eigenvalue weighted by atomic mass is 9.98. The predicted molar refractivity (Wildman–Crippen MR) is 79.4 cm³/mol. The van der Waals surface area contributed by atoms with Gasteiger partial charge in [0.25, 0.3) is 0 Å². The fourth-order valence-electron chi connectivity index (χ4n) is 2.63. The van der Waals surface area contributed by atoms with Crippen molar-refractivity contribution in [2.24, 2.45) is 0 Å². The second kappa shape index (κ2) is 5.49. The van der Waals surface area contributed by atoms with E-state index in [0.29, 0.717) is 22.6 Å². The molecule has 20 heavy (non-hydrogen) atoms. The van der Waals surface area contributed by atoms with Crippen LogP contribution in [0.2, 0.25) is 0 Å². The molecular weight excluding hydrogens is 256 g/mol. The van der Waals surface area contributed by atoms with Crippen LogP contribution >= 0.6 is 0 Å². The van der Waals surface area contributed by atoms with Crippen molar-refractivity contribution in [1.29, 1.82) is 0 Å². The molecule has 1 N–H and O–H groups in total. The van der Waals surface area contributed by atoms with Gasteiger partial charge in [-0.2, -0.15) is 0 Å². The molecule has 0 aromatic heterocycles. The zero-order valence-electron chi connectivity index (χ0n) is 12.5. The van der Waals surface area contributed by atoms with Gasteiger partial charge in [-0.05, 0) is 25.0 Å². The van der Waals surface area contributed by atoms with Gasteiger partial charge in [0.2, 0.25) is 0 Å². The first-order valence-corrected chi connectivity index (χ1v) is 6.53. The molecule has 0 aliphatic carbocycles. The Morgan fingerprint density at radius 3 is 2.05 bits per heavy atom. The number of methoxy groups -OCH3 is 3. The van der Waals surface area contributed by atoms with Crippen molar-refractivity contribution in [3.8, 4) is 23.0 Å². The molecule has 0 spiro atoms. The van der Waals surface area contributed by atoms with Gasteiger partial charge in [0.05, 0.1) is 26.7 Å². The van der Waals surface area contributed by atoms with Crippen LogP contribution < -0.4 is 14.2 Å². The number of ether oxygens (including phenoxy) is 3. The minimum absolute atomic E-state index is 0.242. The molecule has 4 nitrogen and oxygen atoms in total. The van der Waals surface area contributed by atoms with Gasteiger partial charge in [-0.15, -0.1) is 0 Å². The number of benzene rings is 2. The Hall–Kier alpha value is -2.10. The normalized spacial score (nSPS) is 10.7. The van der Waals surface area contributed by atoms with Crippen molar-refractivity contribution in [1.82, 2.24) is 0 Å². The van der Waals surface area contributed by atoms with Crippen LogP contribution in [0.15, 0.2) is 12.1 Å². The van der Waals surface area contributed by atoms with Gasteiger partial charge in [-0.25, -0.2) is 0 Å². The molecule has 0 unspecified atom stereocenters. The largest absolute Gasteiger partial charge is 0.507 e. The quantitative estimate of drug-likeness (QED) is 0.929. The first-order chi connectivity index (χ1) is 9.60. The van der Waals surface area contributed by atoms with Gasteiger partial charge in [0.15, 0.2) is 11.5 Å². The summed E-state index contributed by atoms with van der Waals surface area (Å²) in [6.07, 6.45) is 0.748. The number of rotatable bonds is 4. The number of aryl methyl sites for hydroxylation is 1. The predicted octanol–water partition coefficient (Wildman–Crippen LogP) is 3.44. The maximum absolute atomic E-state index is 10.5. The summed E-state index contributed by atoms with van der Waals surface area (Å²) in [5.41, 5.74) is 1.69. The van der Waals surface area contributed by atoms with E-state index in [1.807, 2.05) is 26.0 Å². The van der Waals surface area contributed by atoms with Crippen molar-refractivity contribution < 1.29 is 19.3 Å². The summed E-state index contributed by atoms with van der Waals surface area (Å²) in [6.45, 7) is 3.89. The second-order valence-electron chi connectivity index (χ2n) is 4.57. The van der Waals surface area contributed by atoms with Gasteiger partial charge in [-0.1, -0.05) is 13.0 Å². The molecule has 4 heteroatoms. The Labute approximate surface area is 118 Å². The highest BCUT2D eigenvalue weighted by molar-refractivity contribution is 6.01. The molecule has 0 aliphatic rings. The van der Waals surface area contributed by atoms with Crippen LogP contribution in [0.3, 0.4) is 0 Å². The zero-order chi connectivity index (χ0) is 14.9. The molecule has 0 fully saturated rings. The van der Waals surface area contributed by atoms with Gasteiger partial charge >= 0.3 is 0 Å².